The topological polar surface area (TPSA) is 46.2 Å². The summed E-state index contributed by atoms with van der Waals surface area (Å²) in [7, 11) is 0. The predicted octanol–water partition coefficient (Wildman–Crippen LogP) is 2.78. The third-order valence-electron chi connectivity index (χ3n) is 1.65. The van der Waals surface area contributed by atoms with E-state index in [1.54, 1.807) is 12.1 Å². The van der Waals surface area contributed by atoms with E-state index < -0.39 is 12.7 Å². The standard InChI is InChI=1S/C8H8BrClFNO/c9-4-1-2-5(10)7(8(4)13)6(12)3-11/h1-2,6,13H,3,12H2/t6-/m1/s1. The Morgan fingerprint density at radius 3 is 2.77 bits per heavy atom. The number of hydrogen-bond acceptors (Lipinski definition) is 2. The molecular weight excluding hydrogens is 260 g/mol. The molecule has 0 aliphatic rings. The van der Waals surface area contributed by atoms with Crippen molar-refractivity contribution in [2.45, 2.75) is 6.04 Å². The van der Waals surface area contributed by atoms with E-state index in [0.29, 0.717) is 4.47 Å². The number of phenols is 1. The Morgan fingerprint density at radius 1 is 1.62 bits per heavy atom. The van der Waals surface area contributed by atoms with E-state index in [0.717, 1.165) is 0 Å². The first-order chi connectivity index (χ1) is 6.07. The Labute approximate surface area is 88.6 Å². The van der Waals surface area contributed by atoms with Crippen LogP contribution in [0.15, 0.2) is 16.6 Å². The predicted molar refractivity (Wildman–Crippen MR) is 53.7 cm³/mol. The van der Waals surface area contributed by atoms with Crippen LogP contribution in [0.2, 0.25) is 5.02 Å². The Morgan fingerprint density at radius 2 is 2.23 bits per heavy atom. The van der Waals surface area contributed by atoms with Gasteiger partial charge in [0.2, 0.25) is 0 Å². The number of phenolic OH excluding ortho intramolecular Hbond substituents is 1. The van der Waals surface area contributed by atoms with Crippen molar-refractivity contribution < 1.29 is 9.50 Å². The molecule has 3 N–H and O–H groups in total. The molecule has 1 aromatic rings. The monoisotopic (exact) mass is 267 g/mol. The van der Waals surface area contributed by atoms with Crippen molar-refractivity contribution in [1.29, 1.82) is 0 Å². The van der Waals surface area contributed by atoms with Crippen LogP contribution < -0.4 is 5.73 Å². The molecule has 5 heteroatoms. The zero-order valence-corrected chi connectivity index (χ0v) is 8.94. The van der Waals surface area contributed by atoms with Crippen molar-refractivity contribution in [3.63, 3.8) is 0 Å². The maximum absolute atomic E-state index is 12.3. The number of hydrogen-bond donors (Lipinski definition) is 2. The van der Waals surface area contributed by atoms with Gasteiger partial charge in [-0.25, -0.2) is 4.39 Å². The second-order valence-corrected chi connectivity index (χ2v) is 3.81. The van der Waals surface area contributed by atoms with Gasteiger partial charge in [0.05, 0.1) is 10.5 Å². The molecule has 0 saturated carbocycles. The first-order valence-corrected chi connectivity index (χ1v) is 4.73. The fourth-order valence-corrected chi connectivity index (χ4v) is 1.63. The molecule has 0 heterocycles. The van der Waals surface area contributed by atoms with Gasteiger partial charge in [-0.15, -0.1) is 0 Å². The number of aromatic hydroxyl groups is 1. The molecular formula is C8H8BrClFNO. The summed E-state index contributed by atoms with van der Waals surface area (Å²) in [5.41, 5.74) is 5.66. The molecule has 2 nitrogen and oxygen atoms in total. The average molecular weight is 269 g/mol. The number of alkyl halides is 1. The Balaban J connectivity index is 3.25. The molecule has 1 atom stereocenters. The quantitative estimate of drug-likeness (QED) is 0.866. The lowest BCUT2D eigenvalue weighted by molar-refractivity contribution is 0.413. The van der Waals surface area contributed by atoms with E-state index in [1.807, 2.05) is 0 Å². The van der Waals surface area contributed by atoms with Crippen LogP contribution in [0.4, 0.5) is 4.39 Å². The lowest BCUT2D eigenvalue weighted by Gasteiger charge is -2.12. The highest BCUT2D eigenvalue weighted by atomic mass is 79.9. The van der Waals surface area contributed by atoms with Crippen LogP contribution in [-0.4, -0.2) is 11.8 Å². The number of rotatable bonds is 2. The van der Waals surface area contributed by atoms with E-state index in [1.165, 1.54) is 0 Å². The van der Waals surface area contributed by atoms with Crippen LogP contribution in [-0.2, 0) is 0 Å². The minimum absolute atomic E-state index is 0.0994. The van der Waals surface area contributed by atoms with Crippen LogP contribution in [0.25, 0.3) is 0 Å². The first-order valence-electron chi connectivity index (χ1n) is 3.56. The van der Waals surface area contributed by atoms with Crippen LogP contribution in [0.5, 0.6) is 5.75 Å². The van der Waals surface area contributed by atoms with Crippen molar-refractivity contribution in [3.8, 4) is 5.75 Å². The second kappa shape index (κ2) is 4.26. The number of nitrogens with two attached hydrogens (primary N) is 1. The largest absolute Gasteiger partial charge is 0.506 e. The van der Waals surface area contributed by atoms with Crippen LogP contribution in [0.3, 0.4) is 0 Å². The van der Waals surface area contributed by atoms with E-state index in [-0.39, 0.29) is 16.3 Å². The van der Waals surface area contributed by atoms with Gasteiger partial charge < -0.3 is 10.8 Å². The third-order valence-corrected chi connectivity index (χ3v) is 2.62. The van der Waals surface area contributed by atoms with Crippen molar-refractivity contribution >= 4 is 27.5 Å². The normalized spacial score (nSPS) is 12.9. The molecule has 0 saturated heterocycles. The maximum Gasteiger partial charge on any atom is 0.136 e. The number of halogens is 3. The molecule has 0 amide bonds. The highest BCUT2D eigenvalue weighted by Crippen LogP contribution is 2.36. The third kappa shape index (κ3) is 2.13. The molecule has 1 aromatic carbocycles. The highest BCUT2D eigenvalue weighted by molar-refractivity contribution is 9.10. The van der Waals surface area contributed by atoms with Gasteiger partial charge in [0.25, 0.3) is 0 Å². The lowest BCUT2D eigenvalue weighted by Crippen LogP contribution is -2.13. The molecule has 0 aromatic heterocycles. The zero-order valence-electron chi connectivity index (χ0n) is 6.60. The van der Waals surface area contributed by atoms with Crippen LogP contribution >= 0.6 is 27.5 Å². The molecule has 72 valence electrons. The molecule has 0 fully saturated rings. The van der Waals surface area contributed by atoms with Gasteiger partial charge in [0, 0.05) is 10.6 Å². The second-order valence-electron chi connectivity index (χ2n) is 2.55. The highest BCUT2D eigenvalue weighted by Gasteiger charge is 2.16. The fourth-order valence-electron chi connectivity index (χ4n) is 0.987. The van der Waals surface area contributed by atoms with E-state index >= 15 is 0 Å². The first kappa shape index (κ1) is 10.8. The molecule has 0 bridgehead atoms. The van der Waals surface area contributed by atoms with Gasteiger partial charge >= 0.3 is 0 Å². The van der Waals surface area contributed by atoms with Gasteiger partial charge in [0.15, 0.2) is 0 Å². The smallest absolute Gasteiger partial charge is 0.136 e. The molecule has 0 radical (unpaired) electrons. The average Bonchev–Trinajstić information content (AvgIpc) is 2.12. The van der Waals surface area contributed by atoms with Crippen molar-refractivity contribution in [2.75, 3.05) is 6.67 Å². The van der Waals surface area contributed by atoms with Gasteiger partial charge in [-0.1, -0.05) is 11.6 Å². The fraction of sp³-hybridized carbons (Fsp3) is 0.250. The summed E-state index contributed by atoms with van der Waals surface area (Å²) in [6.07, 6.45) is 0. The van der Waals surface area contributed by atoms with E-state index in [4.69, 9.17) is 17.3 Å². The van der Waals surface area contributed by atoms with Crippen LogP contribution in [0, 0.1) is 0 Å². The lowest BCUT2D eigenvalue weighted by atomic mass is 10.1. The molecule has 13 heavy (non-hydrogen) atoms. The summed E-state index contributed by atoms with van der Waals surface area (Å²) < 4.78 is 12.7. The van der Waals surface area contributed by atoms with E-state index in [2.05, 4.69) is 15.9 Å². The molecule has 0 aliphatic heterocycles. The maximum atomic E-state index is 12.3. The van der Waals surface area contributed by atoms with Gasteiger partial charge in [-0.2, -0.15) is 0 Å². The summed E-state index contributed by atoms with van der Waals surface area (Å²) in [6, 6.07) is 2.24. The summed E-state index contributed by atoms with van der Waals surface area (Å²) in [4.78, 5) is 0. The van der Waals surface area contributed by atoms with Crippen LogP contribution in [0.1, 0.15) is 11.6 Å². The van der Waals surface area contributed by atoms with Crippen molar-refractivity contribution in [2.24, 2.45) is 5.73 Å². The summed E-state index contributed by atoms with van der Waals surface area (Å²) in [5, 5.41) is 9.77. The Bertz CT molecular complexity index is 321. The van der Waals surface area contributed by atoms with E-state index in [9.17, 15) is 9.50 Å². The molecule has 0 aliphatic carbocycles. The SMILES string of the molecule is N[C@H](CF)c1c(Cl)ccc(Br)c1O. The van der Waals surface area contributed by atoms with Crippen molar-refractivity contribution in [3.05, 3.63) is 27.2 Å². The molecule has 0 unspecified atom stereocenters. The Kier molecular flexibility index (Phi) is 3.53. The summed E-state index contributed by atoms with van der Waals surface area (Å²) in [5.74, 6) is -0.0994. The minimum Gasteiger partial charge on any atom is -0.506 e. The molecule has 1 rings (SSSR count). The van der Waals surface area contributed by atoms with Gasteiger partial charge in [-0.05, 0) is 28.1 Å². The van der Waals surface area contributed by atoms with Gasteiger partial charge in [0.1, 0.15) is 12.4 Å². The van der Waals surface area contributed by atoms with Gasteiger partial charge in [-0.3, -0.25) is 0 Å². The minimum atomic E-state index is -0.884. The van der Waals surface area contributed by atoms with Crippen molar-refractivity contribution in [1.82, 2.24) is 0 Å². The summed E-state index contributed by atoms with van der Waals surface area (Å²) in [6.45, 7) is -0.760. The number of benzene rings is 1. The summed E-state index contributed by atoms with van der Waals surface area (Å²) >= 11 is 8.84. The zero-order chi connectivity index (χ0) is 10.0. The molecule has 0 spiro atoms. The Hall–Kier alpha value is -0.320.